The third-order valence-electron chi connectivity index (χ3n) is 4.52. The van der Waals surface area contributed by atoms with Crippen LogP contribution in [0.1, 0.15) is 28.2 Å². The summed E-state index contributed by atoms with van der Waals surface area (Å²) >= 11 is 1.29. The minimum atomic E-state index is -0.213. The second-order valence-corrected chi connectivity index (χ2v) is 7.72. The summed E-state index contributed by atoms with van der Waals surface area (Å²) in [4.78, 5) is 20.8. The Balaban J connectivity index is 1.72. The molecule has 0 aliphatic heterocycles. The summed E-state index contributed by atoms with van der Waals surface area (Å²) in [7, 11) is 0. The van der Waals surface area contributed by atoms with E-state index in [1.54, 1.807) is 6.21 Å². The average molecular weight is 406 g/mol. The number of thioether (sulfide) groups is 1. The van der Waals surface area contributed by atoms with Crippen molar-refractivity contribution < 1.29 is 4.79 Å². The van der Waals surface area contributed by atoms with E-state index in [9.17, 15) is 4.79 Å². The van der Waals surface area contributed by atoms with Gasteiger partial charge in [-0.05, 0) is 39.3 Å². The Hall–Kier alpha value is -3.11. The molecule has 0 bridgehead atoms. The summed E-state index contributed by atoms with van der Waals surface area (Å²) in [5.41, 5.74) is 8.56. The number of rotatable bonds is 6. The van der Waals surface area contributed by atoms with Crippen molar-refractivity contribution in [3.8, 4) is 12.3 Å². The summed E-state index contributed by atoms with van der Waals surface area (Å²) in [6, 6.07) is 8.01. The number of hydrogen-bond donors (Lipinski definition) is 1. The molecule has 0 spiro atoms. The Labute approximate surface area is 174 Å². The van der Waals surface area contributed by atoms with Gasteiger partial charge in [0.1, 0.15) is 0 Å². The average Bonchev–Trinajstić information content (AvgIpc) is 2.93. The SMILES string of the molecule is C#CCn1c(C)c(/C=N/NC(=O)CSc2nc(C)cc(C)n2)c2cccc(C)c21. The lowest BCUT2D eigenvalue weighted by Gasteiger charge is -2.05. The highest BCUT2D eigenvalue weighted by Gasteiger charge is 2.14. The van der Waals surface area contributed by atoms with Gasteiger partial charge < -0.3 is 4.57 Å². The van der Waals surface area contributed by atoms with Crippen molar-refractivity contribution in [2.75, 3.05) is 5.75 Å². The van der Waals surface area contributed by atoms with Crippen LogP contribution in [0.15, 0.2) is 34.5 Å². The zero-order valence-corrected chi connectivity index (χ0v) is 17.8. The first-order chi connectivity index (χ1) is 13.9. The number of hydrogen-bond acceptors (Lipinski definition) is 5. The fourth-order valence-electron chi connectivity index (χ4n) is 3.28. The molecule has 148 valence electrons. The highest BCUT2D eigenvalue weighted by molar-refractivity contribution is 7.99. The molecule has 0 fully saturated rings. The summed E-state index contributed by atoms with van der Waals surface area (Å²) < 4.78 is 2.10. The Morgan fingerprint density at radius 3 is 2.69 bits per heavy atom. The van der Waals surface area contributed by atoms with Crippen LogP contribution in [0.5, 0.6) is 0 Å². The third kappa shape index (κ3) is 4.66. The van der Waals surface area contributed by atoms with Gasteiger partial charge in [0.05, 0.1) is 24.0 Å². The maximum absolute atomic E-state index is 12.2. The third-order valence-corrected chi connectivity index (χ3v) is 5.37. The molecule has 6 nitrogen and oxygen atoms in total. The van der Waals surface area contributed by atoms with Crippen LogP contribution in [0.2, 0.25) is 0 Å². The first kappa shape index (κ1) is 20.6. The zero-order chi connectivity index (χ0) is 21.0. The lowest BCUT2D eigenvalue weighted by molar-refractivity contribution is -0.118. The normalized spacial score (nSPS) is 11.1. The van der Waals surface area contributed by atoms with E-state index in [-0.39, 0.29) is 11.7 Å². The molecule has 1 aromatic carbocycles. The van der Waals surface area contributed by atoms with Crippen molar-refractivity contribution in [3.63, 3.8) is 0 Å². The van der Waals surface area contributed by atoms with E-state index >= 15 is 0 Å². The molecule has 2 heterocycles. The molecule has 0 unspecified atom stereocenters. The van der Waals surface area contributed by atoms with Crippen molar-refractivity contribution in [3.05, 3.63) is 52.5 Å². The number of aromatic nitrogens is 3. The molecular formula is C22H23N5OS. The van der Waals surface area contributed by atoms with Crippen LogP contribution >= 0.6 is 11.8 Å². The van der Waals surface area contributed by atoms with Gasteiger partial charge in [0.15, 0.2) is 5.16 Å². The lowest BCUT2D eigenvalue weighted by Crippen LogP contribution is -2.20. The minimum absolute atomic E-state index is 0.192. The number of carbonyl (C=O) groups is 1. The molecule has 1 amide bonds. The molecule has 7 heteroatoms. The van der Waals surface area contributed by atoms with Gasteiger partial charge >= 0.3 is 0 Å². The van der Waals surface area contributed by atoms with Gasteiger partial charge in [-0.25, -0.2) is 15.4 Å². The van der Waals surface area contributed by atoms with Gasteiger partial charge in [0.25, 0.3) is 5.91 Å². The number of fused-ring (bicyclic) bond motifs is 1. The molecule has 0 saturated carbocycles. The zero-order valence-electron chi connectivity index (χ0n) is 17.0. The number of para-hydroxylation sites is 1. The molecule has 2 aromatic heterocycles. The second kappa shape index (κ2) is 8.93. The predicted molar refractivity (Wildman–Crippen MR) is 118 cm³/mol. The van der Waals surface area contributed by atoms with E-state index in [1.165, 1.54) is 11.8 Å². The molecule has 3 rings (SSSR count). The number of terminal acetylenes is 1. The smallest absolute Gasteiger partial charge is 0.250 e. The van der Waals surface area contributed by atoms with E-state index in [0.29, 0.717) is 11.7 Å². The first-order valence-electron chi connectivity index (χ1n) is 9.19. The Morgan fingerprint density at radius 1 is 1.28 bits per heavy atom. The monoisotopic (exact) mass is 405 g/mol. The second-order valence-electron chi connectivity index (χ2n) is 6.78. The van der Waals surface area contributed by atoms with E-state index < -0.39 is 0 Å². The number of nitrogens with zero attached hydrogens (tertiary/aromatic N) is 4. The van der Waals surface area contributed by atoms with Gasteiger partial charge in [-0.2, -0.15) is 5.10 Å². The van der Waals surface area contributed by atoms with E-state index in [1.807, 2.05) is 39.0 Å². The van der Waals surface area contributed by atoms with Crippen molar-refractivity contribution >= 4 is 34.8 Å². The first-order valence-corrected chi connectivity index (χ1v) is 10.2. The number of nitrogens with one attached hydrogen (secondary N) is 1. The van der Waals surface area contributed by atoms with E-state index in [0.717, 1.165) is 39.1 Å². The molecule has 29 heavy (non-hydrogen) atoms. The molecule has 3 aromatic rings. The van der Waals surface area contributed by atoms with Gasteiger partial charge in [0.2, 0.25) is 0 Å². The largest absolute Gasteiger partial charge is 0.332 e. The maximum Gasteiger partial charge on any atom is 0.250 e. The van der Waals surface area contributed by atoms with Gasteiger partial charge in [-0.3, -0.25) is 4.79 Å². The number of aryl methyl sites for hydroxylation is 3. The highest BCUT2D eigenvalue weighted by atomic mass is 32.2. The fourth-order valence-corrected chi connectivity index (χ4v) is 4.03. The molecule has 0 aliphatic rings. The van der Waals surface area contributed by atoms with Crippen molar-refractivity contribution in [2.45, 2.75) is 39.4 Å². The molecule has 0 saturated heterocycles. The van der Waals surface area contributed by atoms with Crippen LogP contribution in [-0.4, -0.2) is 32.4 Å². The minimum Gasteiger partial charge on any atom is -0.332 e. The van der Waals surface area contributed by atoms with E-state index in [4.69, 9.17) is 6.42 Å². The quantitative estimate of drug-likeness (QED) is 0.224. The fraction of sp³-hybridized carbons (Fsp3) is 0.273. The molecule has 0 atom stereocenters. The Kier molecular flexibility index (Phi) is 6.35. The highest BCUT2D eigenvalue weighted by Crippen LogP contribution is 2.27. The van der Waals surface area contributed by atoms with E-state index in [2.05, 4.69) is 44.0 Å². The topological polar surface area (TPSA) is 72.2 Å². The molecular weight excluding hydrogens is 382 g/mol. The summed E-state index contributed by atoms with van der Waals surface area (Å²) in [5.74, 6) is 2.68. The summed E-state index contributed by atoms with van der Waals surface area (Å²) in [5, 5.41) is 5.81. The number of carbonyl (C=O) groups excluding carboxylic acids is 1. The number of hydrazone groups is 1. The molecule has 0 aliphatic carbocycles. The molecule has 0 radical (unpaired) electrons. The van der Waals surface area contributed by atoms with Gasteiger partial charge in [-0.15, -0.1) is 6.42 Å². The lowest BCUT2D eigenvalue weighted by atomic mass is 10.1. The number of amides is 1. The summed E-state index contributed by atoms with van der Waals surface area (Å²) in [6.45, 7) is 8.37. The van der Waals surface area contributed by atoms with Crippen LogP contribution in [-0.2, 0) is 11.3 Å². The standard InChI is InChI=1S/C22H23N5OS/c1-6-10-27-17(5)19(18-9-7-8-14(2)21(18)27)12-23-26-20(28)13-29-22-24-15(3)11-16(4)25-22/h1,7-9,11-12H,10,13H2,2-5H3,(H,26,28)/b23-12+. The summed E-state index contributed by atoms with van der Waals surface area (Å²) in [6.07, 6.45) is 7.23. The Morgan fingerprint density at radius 2 is 2.00 bits per heavy atom. The van der Waals surface area contributed by atoms with Gasteiger partial charge in [0, 0.05) is 28.0 Å². The van der Waals surface area contributed by atoms with Crippen LogP contribution in [0.3, 0.4) is 0 Å². The Bertz CT molecular complexity index is 1120. The maximum atomic E-state index is 12.2. The van der Waals surface area contributed by atoms with Crippen molar-refractivity contribution in [1.29, 1.82) is 0 Å². The van der Waals surface area contributed by atoms with Gasteiger partial charge in [-0.1, -0.05) is 35.9 Å². The number of benzene rings is 1. The molecule has 1 N–H and O–H groups in total. The van der Waals surface area contributed by atoms with Crippen LogP contribution < -0.4 is 5.43 Å². The van der Waals surface area contributed by atoms with Crippen molar-refractivity contribution in [2.24, 2.45) is 5.10 Å². The van der Waals surface area contributed by atoms with Crippen molar-refractivity contribution in [1.82, 2.24) is 20.0 Å². The predicted octanol–water partition coefficient (Wildman–Crippen LogP) is 3.54. The van der Waals surface area contributed by atoms with Crippen LogP contribution in [0, 0.1) is 40.0 Å². The van der Waals surface area contributed by atoms with Crippen LogP contribution in [0.25, 0.3) is 10.9 Å². The van der Waals surface area contributed by atoms with Crippen LogP contribution in [0.4, 0.5) is 0 Å².